The van der Waals surface area contributed by atoms with Crippen LogP contribution < -0.4 is 4.90 Å². The highest BCUT2D eigenvalue weighted by molar-refractivity contribution is 6.33. The first-order chi connectivity index (χ1) is 13.0. The van der Waals surface area contributed by atoms with Crippen LogP contribution in [0.25, 0.3) is 0 Å². The number of carbonyl (C=O) groups is 1. The molecule has 0 spiro atoms. The molecule has 8 heteroatoms. The zero-order chi connectivity index (χ0) is 19.4. The number of amides is 1. The van der Waals surface area contributed by atoms with Gasteiger partial charge in [0.1, 0.15) is 0 Å². The Labute approximate surface area is 162 Å². The summed E-state index contributed by atoms with van der Waals surface area (Å²) in [6.07, 6.45) is 0. The van der Waals surface area contributed by atoms with Gasteiger partial charge in [0.15, 0.2) is 0 Å². The number of hydrogen-bond acceptors (Lipinski definition) is 5. The molecule has 1 fully saturated rings. The van der Waals surface area contributed by atoms with Crippen LogP contribution in [0.5, 0.6) is 0 Å². The molecule has 27 heavy (non-hydrogen) atoms. The molecule has 0 N–H and O–H groups in total. The van der Waals surface area contributed by atoms with Gasteiger partial charge in [-0.25, -0.2) is 0 Å². The van der Waals surface area contributed by atoms with Crippen LogP contribution in [0.3, 0.4) is 0 Å². The lowest BCUT2D eigenvalue weighted by atomic mass is 10.1. The summed E-state index contributed by atoms with van der Waals surface area (Å²) in [7, 11) is 1.65. The van der Waals surface area contributed by atoms with Crippen molar-refractivity contribution < 1.29 is 14.5 Å². The van der Waals surface area contributed by atoms with Gasteiger partial charge in [-0.1, -0.05) is 23.7 Å². The van der Waals surface area contributed by atoms with Crippen molar-refractivity contribution in [3.63, 3.8) is 0 Å². The second kappa shape index (κ2) is 8.37. The van der Waals surface area contributed by atoms with Crippen molar-refractivity contribution in [2.24, 2.45) is 0 Å². The van der Waals surface area contributed by atoms with Gasteiger partial charge in [-0.2, -0.15) is 0 Å². The van der Waals surface area contributed by atoms with E-state index in [9.17, 15) is 14.9 Å². The molecule has 1 aliphatic heterocycles. The zero-order valence-electron chi connectivity index (χ0n) is 14.9. The molecule has 0 radical (unpaired) electrons. The summed E-state index contributed by atoms with van der Waals surface area (Å²) in [5, 5.41) is 11.1. The summed E-state index contributed by atoms with van der Waals surface area (Å²) >= 11 is 6.06. The first-order valence-corrected chi connectivity index (χ1v) is 8.94. The normalized spacial score (nSPS) is 14.1. The van der Waals surface area contributed by atoms with Gasteiger partial charge < -0.3 is 14.5 Å². The fourth-order valence-corrected chi connectivity index (χ4v) is 3.17. The number of benzene rings is 2. The molecule has 2 aromatic rings. The molecule has 1 saturated heterocycles. The summed E-state index contributed by atoms with van der Waals surface area (Å²) < 4.78 is 5.36. The SMILES string of the molecule is CN(Cc1ccc(N2CCOCC2)cc1)C(=O)c1cc([N+](=O)[O-])ccc1Cl. The molecular formula is C19H20ClN3O4. The van der Waals surface area contributed by atoms with Crippen molar-refractivity contribution in [3.8, 4) is 0 Å². The number of nitrogens with zero attached hydrogens (tertiary/aromatic N) is 3. The minimum atomic E-state index is -0.544. The van der Waals surface area contributed by atoms with Crippen molar-refractivity contribution >= 4 is 28.9 Å². The van der Waals surface area contributed by atoms with E-state index < -0.39 is 4.92 Å². The summed E-state index contributed by atoms with van der Waals surface area (Å²) in [5.41, 5.74) is 2.05. The maximum absolute atomic E-state index is 12.7. The van der Waals surface area contributed by atoms with E-state index in [1.54, 1.807) is 7.05 Å². The Balaban J connectivity index is 1.69. The second-order valence-electron chi connectivity index (χ2n) is 6.35. The maximum atomic E-state index is 12.7. The van der Waals surface area contributed by atoms with Crippen LogP contribution in [-0.4, -0.2) is 49.1 Å². The number of carbonyl (C=O) groups excluding carboxylic acids is 1. The van der Waals surface area contributed by atoms with E-state index in [-0.39, 0.29) is 22.2 Å². The minimum absolute atomic E-state index is 0.123. The number of morpholine rings is 1. The van der Waals surface area contributed by atoms with Gasteiger partial charge in [0.2, 0.25) is 0 Å². The number of anilines is 1. The lowest BCUT2D eigenvalue weighted by molar-refractivity contribution is -0.384. The number of nitro groups is 1. The highest BCUT2D eigenvalue weighted by Gasteiger charge is 2.19. The lowest BCUT2D eigenvalue weighted by Crippen LogP contribution is -2.36. The van der Waals surface area contributed by atoms with Crippen LogP contribution in [0.1, 0.15) is 15.9 Å². The predicted molar refractivity (Wildman–Crippen MR) is 103 cm³/mol. The van der Waals surface area contributed by atoms with E-state index >= 15 is 0 Å². The molecule has 0 bridgehead atoms. The van der Waals surface area contributed by atoms with Crippen molar-refractivity contribution in [3.05, 3.63) is 68.7 Å². The molecule has 1 heterocycles. The number of hydrogen-bond donors (Lipinski definition) is 0. The summed E-state index contributed by atoms with van der Waals surface area (Å²) in [6, 6.07) is 11.9. The van der Waals surface area contributed by atoms with Crippen molar-refractivity contribution in [1.29, 1.82) is 0 Å². The van der Waals surface area contributed by atoms with E-state index in [1.807, 2.05) is 24.3 Å². The van der Waals surface area contributed by atoms with Gasteiger partial charge in [0.25, 0.3) is 11.6 Å². The lowest BCUT2D eigenvalue weighted by Gasteiger charge is -2.29. The van der Waals surface area contributed by atoms with Crippen molar-refractivity contribution in [1.82, 2.24) is 4.90 Å². The average molecular weight is 390 g/mol. The third-order valence-corrected chi connectivity index (χ3v) is 4.80. The molecule has 0 saturated carbocycles. The highest BCUT2D eigenvalue weighted by atomic mass is 35.5. The van der Waals surface area contributed by atoms with Gasteiger partial charge >= 0.3 is 0 Å². The van der Waals surface area contributed by atoms with E-state index in [2.05, 4.69) is 4.90 Å². The standard InChI is InChI=1S/C19H20ClN3O4/c1-21(19(24)17-12-16(23(25)26)6-7-18(17)20)13-14-2-4-15(5-3-14)22-8-10-27-11-9-22/h2-7,12H,8-11,13H2,1H3. The van der Waals surface area contributed by atoms with E-state index in [1.165, 1.54) is 23.1 Å². The molecule has 2 aromatic carbocycles. The van der Waals surface area contributed by atoms with E-state index in [0.717, 1.165) is 37.6 Å². The molecule has 7 nitrogen and oxygen atoms in total. The molecular weight excluding hydrogens is 370 g/mol. The smallest absolute Gasteiger partial charge is 0.270 e. The molecule has 0 aromatic heterocycles. The monoisotopic (exact) mass is 389 g/mol. The molecule has 0 aliphatic carbocycles. The highest BCUT2D eigenvalue weighted by Crippen LogP contribution is 2.24. The number of nitro benzene ring substituents is 1. The molecule has 1 amide bonds. The number of rotatable bonds is 5. The largest absolute Gasteiger partial charge is 0.378 e. The van der Waals surface area contributed by atoms with Crippen LogP contribution in [0, 0.1) is 10.1 Å². The van der Waals surface area contributed by atoms with Crippen molar-refractivity contribution in [2.75, 3.05) is 38.3 Å². The summed E-state index contributed by atoms with van der Waals surface area (Å²) in [5.74, 6) is -0.360. The zero-order valence-corrected chi connectivity index (χ0v) is 15.7. The van der Waals surface area contributed by atoms with Crippen molar-refractivity contribution in [2.45, 2.75) is 6.54 Å². The Bertz CT molecular complexity index is 835. The van der Waals surface area contributed by atoms with Crippen LogP contribution >= 0.6 is 11.6 Å². The molecule has 0 atom stereocenters. The van der Waals surface area contributed by atoms with Gasteiger partial charge in [-0.05, 0) is 23.8 Å². The third-order valence-electron chi connectivity index (χ3n) is 4.47. The average Bonchev–Trinajstić information content (AvgIpc) is 2.69. The van der Waals surface area contributed by atoms with E-state index in [0.29, 0.717) is 6.54 Å². The Kier molecular flexibility index (Phi) is 5.93. The Morgan fingerprint density at radius 1 is 1.22 bits per heavy atom. The Morgan fingerprint density at radius 3 is 2.52 bits per heavy atom. The van der Waals surface area contributed by atoms with Gasteiger partial charge in [0, 0.05) is 44.5 Å². The Hall–Kier alpha value is -2.64. The summed E-state index contributed by atoms with van der Waals surface area (Å²) in [4.78, 5) is 26.8. The van der Waals surface area contributed by atoms with Crippen LogP contribution in [0.2, 0.25) is 5.02 Å². The van der Waals surface area contributed by atoms with Gasteiger partial charge in [-0.15, -0.1) is 0 Å². The van der Waals surface area contributed by atoms with Gasteiger partial charge in [-0.3, -0.25) is 14.9 Å². The van der Waals surface area contributed by atoms with Gasteiger partial charge in [0.05, 0.1) is 28.7 Å². The van der Waals surface area contributed by atoms with Crippen LogP contribution in [0.15, 0.2) is 42.5 Å². The fraction of sp³-hybridized carbons (Fsp3) is 0.316. The quantitative estimate of drug-likeness (QED) is 0.579. The summed E-state index contributed by atoms with van der Waals surface area (Å²) in [6.45, 7) is 3.55. The van der Waals surface area contributed by atoms with Crippen LogP contribution in [-0.2, 0) is 11.3 Å². The predicted octanol–water partition coefficient (Wildman–Crippen LogP) is 3.36. The third kappa shape index (κ3) is 4.56. The number of halogens is 1. The minimum Gasteiger partial charge on any atom is -0.378 e. The second-order valence-corrected chi connectivity index (χ2v) is 6.76. The van der Waals surface area contributed by atoms with E-state index in [4.69, 9.17) is 16.3 Å². The molecule has 0 unspecified atom stereocenters. The number of ether oxygens (including phenoxy) is 1. The molecule has 3 rings (SSSR count). The first kappa shape index (κ1) is 19.1. The fourth-order valence-electron chi connectivity index (χ4n) is 2.98. The molecule has 142 valence electrons. The Morgan fingerprint density at radius 2 is 1.89 bits per heavy atom. The topological polar surface area (TPSA) is 75.9 Å². The first-order valence-electron chi connectivity index (χ1n) is 8.57. The van der Waals surface area contributed by atoms with Crippen LogP contribution in [0.4, 0.5) is 11.4 Å². The number of non-ortho nitro benzene ring substituents is 1. The molecule has 1 aliphatic rings. The maximum Gasteiger partial charge on any atom is 0.270 e.